The van der Waals surface area contributed by atoms with Crippen molar-refractivity contribution in [3.8, 4) is 0 Å². The van der Waals surface area contributed by atoms with Crippen LogP contribution in [0.3, 0.4) is 0 Å². The second-order valence-electron chi connectivity index (χ2n) is 4.93. The number of hydrogen-bond acceptors (Lipinski definition) is 0. The quantitative estimate of drug-likeness (QED) is 0.579. The van der Waals surface area contributed by atoms with Crippen LogP contribution in [-0.4, -0.2) is 0 Å². The molecule has 0 amide bonds. The van der Waals surface area contributed by atoms with Crippen LogP contribution in [0, 0.1) is 6.92 Å². The third-order valence-corrected chi connectivity index (χ3v) is 3.90. The lowest BCUT2D eigenvalue weighted by Crippen LogP contribution is -1.95. The number of halogens is 1. The molecule has 0 saturated heterocycles. The van der Waals surface area contributed by atoms with E-state index in [1.54, 1.807) is 0 Å². The Labute approximate surface area is 115 Å². The Hall–Kier alpha value is -1.01. The number of fused-ring (bicyclic) bond motifs is 1. The predicted molar refractivity (Wildman–Crippen MR) is 81.2 cm³/mol. The van der Waals surface area contributed by atoms with Gasteiger partial charge in [0.15, 0.2) is 0 Å². The molecule has 1 unspecified atom stereocenters. The third-order valence-electron chi connectivity index (χ3n) is 3.57. The van der Waals surface area contributed by atoms with Crippen LogP contribution < -0.4 is 0 Å². The molecule has 0 aromatic heterocycles. The smallest absolute Gasteiger partial charge is 0.0484 e. The molecule has 1 heteroatoms. The van der Waals surface area contributed by atoms with Gasteiger partial charge in [-0.2, -0.15) is 0 Å². The Kier molecular flexibility index (Phi) is 4.66. The van der Waals surface area contributed by atoms with Gasteiger partial charge < -0.3 is 0 Å². The highest BCUT2D eigenvalue weighted by Gasteiger charge is 2.10. The van der Waals surface area contributed by atoms with Crippen LogP contribution in [0.2, 0.25) is 5.02 Å². The van der Waals surface area contributed by atoms with E-state index >= 15 is 0 Å². The van der Waals surface area contributed by atoms with Crippen molar-refractivity contribution < 1.29 is 0 Å². The topological polar surface area (TPSA) is 0 Å². The number of rotatable bonds is 5. The van der Waals surface area contributed by atoms with E-state index in [0.717, 1.165) is 11.4 Å². The fourth-order valence-electron chi connectivity index (χ4n) is 2.51. The highest BCUT2D eigenvalue weighted by Crippen LogP contribution is 2.32. The summed E-state index contributed by atoms with van der Waals surface area (Å²) in [6, 6.07) is 12.6. The summed E-state index contributed by atoms with van der Waals surface area (Å²) in [5.41, 5.74) is 1.42. The van der Waals surface area contributed by atoms with Gasteiger partial charge in [0.05, 0.1) is 0 Å². The van der Waals surface area contributed by atoms with Gasteiger partial charge in [-0.25, -0.2) is 0 Å². The van der Waals surface area contributed by atoms with Gasteiger partial charge in [0.2, 0.25) is 0 Å². The van der Waals surface area contributed by atoms with Gasteiger partial charge in [-0.15, -0.1) is 0 Å². The second kappa shape index (κ2) is 6.24. The van der Waals surface area contributed by atoms with Crippen molar-refractivity contribution in [3.05, 3.63) is 53.9 Å². The standard InChI is InChI=1S/C17H20Cl/c1-3-4-5-8-13(2)14-9-6-11-16-15(14)10-7-12-17(16)18/h6-7,9-13H,1,3-5,8H2,2H3. The lowest BCUT2D eigenvalue weighted by atomic mass is 9.91. The fourth-order valence-corrected chi connectivity index (χ4v) is 2.75. The average Bonchev–Trinajstić information content (AvgIpc) is 2.39. The third kappa shape index (κ3) is 2.87. The summed E-state index contributed by atoms with van der Waals surface area (Å²) in [6.07, 6.45) is 4.73. The number of unbranched alkanes of at least 4 members (excludes halogenated alkanes) is 2. The van der Waals surface area contributed by atoms with E-state index in [4.69, 9.17) is 11.6 Å². The van der Waals surface area contributed by atoms with Gasteiger partial charge in [-0.1, -0.05) is 75.0 Å². The minimum Gasteiger partial charge on any atom is -0.0837 e. The minimum atomic E-state index is 0.582. The molecule has 0 fully saturated rings. The molecule has 0 aliphatic carbocycles. The van der Waals surface area contributed by atoms with Crippen LogP contribution in [0.25, 0.3) is 10.8 Å². The Bertz CT molecular complexity index is 516. The molecule has 0 aliphatic rings. The van der Waals surface area contributed by atoms with Crippen LogP contribution in [0.1, 0.15) is 44.1 Å². The molecular formula is C17H20Cl. The van der Waals surface area contributed by atoms with Crippen molar-refractivity contribution >= 4 is 22.4 Å². The summed E-state index contributed by atoms with van der Waals surface area (Å²) in [7, 11) is 0. The lowest BCUT2D eigenvalue weighted by Gasteiger charge is -2.15. The van der Waals surface area contributed by atoms with E-state index in [9.17, 15) is 0 Å². The molecule has 2 aromatic carbocycles. The Morgan fingerprint density at radius 1 is 1.06 bits per heavy atom. The molecule has 0 saturated carbocycles. The SMILES string of the molecule is [CH2]CCCCC(C)c1cccc2c(Cl)cccc12. The van der Waals surface area contributed by atoms with Crippen molar-refractivity contribution in [1.29, 1.82) is 0 Å². The van der Waals surface area contributed by atoms with E-state index < -0.39 is 0 Å². The normalized spacial score (nSPS) is 12.8. The molecule has 0 heterocycles. The van der Waals surface area contributed by atoms with Gasteiger partial charge in [0.25, 0.3) is 0 Å². The van der Waals surface area contributed by atoms with E-state index in [2.05, 4.69) is 38.1 Å². The molecular weight excluding hydrogens is 240 g/mol. The zero-order valence-corrected chi connectivity index (χ0v) is 11.7. The zero-order chi connectivity index (χ0) is 13.0. The molecule has 18 heavy (non-hydrogen) atoms. The van der Waals surface area contributed by atoms with Crippen LogP contribution in [0.4, 0.5) is 0 Å². The van der Waals surface area contributed by atoms with Crippen molar-refractivity contribution in [1.82, 2.24) is 0 Å². The maximum atomic E-state index is 6.25. The molecule has 0 bridgehead atoms. The zero-order valence-electron chi connectivity index (χ0n) is 11.0. The van der Waals surface area contributed by atoms with Crippen molar-refractivity contribution in [2.75, 3.05) is 0 Å². The monoisotopic (exact) mass is 259 g/mol. The van der Waals surface area contributed by atoms with Crippen LogP contribution in [-0.2, 0) is 0 Å². The summed E-state index contributed by atoms with van der Waals surface area (Å²) >= 11 is 6.25. The van der Waals surface area contributed by atoms with Crippen LogP contribution in [0.15, 0.2) is 36.4 Å². The molecule has 2 rings (SSSR count). The summed E-state index contributed by atoms with van der Waals surface area (Å²) in [5, 5.41) is 3.31. The summed E-state index contributed by atoms with van der Waals surface area (Å²) in [5.74, 6) is 0.582. The molecule has 0 spiro atoms. The minimum absolute atomic E-state index is 0.582. The first-order chi connectivity index (χ1) is 8.74. The average molecular weight is 260 g/mol. The largest absolute Gasteiger partial charge is 0.0837 e. The molecule has 0 nitrogen and oxygen atoms in total. The van der Waals surface area contributed by atoms with Gasteiger partial charge in [0, 0.05) is 10.4 Å². The van der Waals surface area contributed by atoms with Crippen molar-refractivity contribution in [3.63, 3.8) is 0 Å². The van der Waals surface area contributed by atoms with Gasteiger partial charge in [0.1, 0.15) is 0 Å². The molecule has 2 aromatic rings. The van der Waals surface area contributed by atoms with E-state index in [1.165, 1.54) is 35.6 Å². The van der Waals surface area contributed by atoms with Gasteiger partial charge in [-0.3, -0.25) is 0 Å². The number of benzene rings is 2. The van der Waals surface area contributed by atoms with Crippen molar-refractivity contribution in [2.24, 2.45) is 0 Å². The highest BCUT2D eigenvalue weighted by molar-refractivity contribution is 6.35. The Morgan fingerprint density at radius 2 is 1.78 bits per heavy atom. The summed E-state index contributed by atoms with van der Waals surface area (Å²) in [6.45, 7) is 6.20. The Morgan fingerprint density at radius 3 is 2.56 bits per heavy atom. The highest BCUT2D eigenvalue weighted by atomic mass is 35.5. The maximum Gasteiger partial charge on any atom is 0.0484 e. The fraction of sp³-hybridized carbons (Fsp3) is 0.353. The van der Waals surface area contributed by atoms with Crippen molar-refractivity contribution in [2.45, 2.75) is 38.5 Å². The second-order valence-corrected chi connectivity index (χ2v) is 5.34. The lowest BCUT2D eigenvalue weighted by molar-refractivity contribution is 0.611. The molecule has 0 N–H and O–H groups in total. The molecule has 1 atom stereocenters. The maximum absolute atomic E-state index is 6.25. The molecule has 0 aliphatic heterocycles. The summed E-state index contributed by atoms with van der Waals surface area (Å²) < 4.78 is 0. The first-order valence-electron chi connectivity index (χ1n) is 6.70. The molecule has 95 valence electrons. The van der Waals surface area contributed by atoms with E-state index in [1.807, 2.05) is 12.1 Å². The van der Waals surface area contributed by atoms with Crippen LogP contribution in [0.5, 0.6) is 0 Å². The van der Waals surface area contributed by atoms with Crippen LogP contribution >= 0.6 is 11.6 Å². The van der Waals surface area contributed by atoms with E-state index in [0.29, 0.717) is 5.92 Å². The Balaban J connectivity index is 2.30. The van der Waals surface area contributed by atoms with E-state index in [-0.39, 0.29) is 0 Å². The van der Waals surface area contributed by atoms with Gasteiger partial charge >= 0.3 is 0 Å². The molecule has 1 radical (unpaired) electrons. The van der Waals surface area contributed by atoms with Gasteiger partial charge in [-0.05, 0) is 29.4 Å². The number of hydrogen-bond donors (Lipinski definition) is 0. The first kappa shape index (κ1) is 13.4. The predicted octanol–water partition coefficient (Wildman–Crippen LogP) is 5.99. The first-order valence-corrected chi connectivity index (χ1v) is 7.08. The summed E-state index contributed by atoms with van der Waals surface area (Å²) in [4.78, 5) is 0.